The highest BCUT2D eigenvalue weighted by Gasteiger charge is 2.27. The van der Waals surface area contributed by atoms with Gasteiger partial charge in [0.1, 0.15) is 19.3 Å². The fraction of sp³-hybridized carbons (Fsp3) is 0.881. The molecule has 0 aromatic heterocycles. The second-order valence-corrected chi connectivity index (χ2v) is 25.4. The number of quaternary nitrogens is 1. The zero-order valence-corrected chi connectivity index (χ0v) is 52.8. The number of amides is 1. The van der Waals surface area contributed by atoms with Gasteiger partial charge in [-0.2, -0.15) is 0 Å². The topological polar surface area (TPSA) is 114 Å². The third-order valence-electron chi connectivity index (χ3n) is 15.1. The molecule has 0 rings (SSSR count). The minimum Gasteiger partial charge on any atom is -0.756 e. The van der Waals surface area contributed by atoms with Crippen LogP contribution in [0.4, 0.5) is 0 Å². The van der Waals surface area contributed by atoms with Gasteiger partial charge in [-0.1, -0.05) is 289 Å². The van der Waals surface area contributed by atoms with Gasteiger partial charge in [0.2, 0.25) is 5.91 Å². The highest BCUT2D eigenvalue weighted by atomic mass is 31.2. The maximum Gasteiger partial charge on any atom is 0.306 e. The Hall–Kier alpha value is -1.77. The van der Waals surface area contributed by atoms with E-state index in [0.29, 0.717) is 17.4 Å². The number of ether oxygens (including phenoxy) is 1. The van der Waals surface area contributed by atoms with Crippen LogP contribution in [0, 0.1) is 0 Å². The van der Waals surface area contributed by atoms with Gasteiger partial charge in [0, 0.05) is 12.8 Å². The molecule has 0 spiro atoms. The van der Waals surface area contributed by atoms with E-state index >= 15 is 0 Å². The average Bonchev–Trinajstić information content (AvgIpc) is 3.39. The molecule has 3 atom stereocenters. The summed E-state index contributed by atoms with van der Waals surface area (Å²) in [5, 5.41) is 3.04. The van der Waals surface area contributed by atoms with Crippen LogP contribution in [-0.4, -0.2) is 69.4 Å². The van der Waals surface area contributed by atoms with Gasteiger partial charge in [0.05, 0.1) is 33.8 Å². The van der Waals surface area contributed by atoms with E-state index in [2.05, 4.69) is 50.4 Å². The molecule has 0 radical (unpaired) electrons. The number of carbonyl (C=O) groups excluding carboxylic acids is 2. The molecular weight excluding hydrogens is 976 g/mol. The summed E-state index contributed by atoms with van der Waals surface area (Å²) in [5.74, 6) is -0.524. The monoisotopic (exact) mass is 1100 g/mol. The molecule has 454 valence electrons. The third kappa shape index (κ3) is 58.7. The average molecular weight is 1110 g/mol. The van der Waals surface area contributed by atoms with Crippen LogP contribution in [0.2, 0.25) is 0 Å². The van der Waals surface area contributed by atoms with E-state index < -0.39 is 20.0 Å². The number of likely N-dealkylation sites (N-methyl/N-ethyl adjacent to an activating group) is 1. The summed E-state index contributed by atoms with van der Waals surface area (Å²) in [6.07, 6.45) is 69.6. The van der Waals surface area contributed by atoms with Crippen LogP contribution in [0.1, 0.15) is 329 Å². The smallest absolute Gasteiger partial charge is 0.306 e. The number of nitrogens with zero attached hydrogens (tertiary/aromatic N) is 1. The Bertz CT molecular complexity index is 1410. The van der Waals surface area contributed by atoms with Crippen LogP contribution in [-0.2, 0) is 27.9 Å². The molecular formula is C67H129N2O7P. The molecule has 10 heteroatoms. The van der Waals surface area contributed by atoms with E-state index in [1.807, 2.05) is 33.3 Å². The lowest BCUT2D eigenvalue weighted by Crippen LogP contribution is -2.47. The summed E-state index contributed by atoms with van der Waals surface area (Å²) in [6, 6.07) is -0.884. The van der Waals surface area contributed by atoms with Gasteiger partial charge >= 0.3 is 5.97 Å². The Morgan fingerprint density at radius 1 is 0.455 bits per heavy atom. The fourth-order valence-electron chi connectivity index (χ4n) is 9.91. The SMILES string of the molecule is CCCCC/C=C\C/C=C\CCCCCCCCCCCCCCCC(=O)OC(/C=C/CCCCCCCCCCCCC)C(COP(=O)([O-])OCC[N+](C)(C)C)NC(=O)CCCCCCCCCCCCCCCCC. The molecule has 0 heterocycles. The Labute approximate surface area is 478 Å². The van der Waals surface area contributed by atoms with Gasteiger partial charge in [-0.3, -0.25) is 14.2 Å². The van der Waals surface area contributed by atoms with Gasteiger partial charge in [0.25, 0.3) is 7.82 Å². The fourth-order valence-corrected chi connectivity index (χ4v) is 10.6. The first-order valence-electron chi connectivity index (χ1n) is 33.3. The number of carbonyl (C=O) groups is 2. The first kappa shape index (κ1) is 75.2. The summed E-state index contributed by atoms with van der Waals surface area (Å²) in [5.41, 5.74) is 0. The normalized spacial score (nSPS) is 13.8. The first-order chi connectivity index (χ1) is 37.4. The van der Waals surface area contributed by atoms with Gasteiger partial charge in [-0.25, -0.2) is 0 Å². The van der Waals surface area contributed by atoms with Crippen LogP contribution < -0.4 is 10.2 Å². The maximum atomic E-state index is 13.5. The number of hydrogen-bond donors (Lipinski definition) is 1. The van der Waals surface area contributed by atoms with Crippen LogP contribution in [0.5, 0.6) is 0 Å². The lowest BCUT2D eigenvalue weighted by Gasteiger charge is -2.30. The highest BCUT2D eigenvalue weighted by molar-refractivity contribution is 7.45. The molecule has 0 bridgehead atoms. The van der Waals surface area contributed by atoms with Crippen molar-refractivity contribution >= 4 is 19.7 Å². The zero-order valence-electron chi connectivity index (χ0n) is 51.9. The molecule has 9 nitrogen and oxygen atoms in total. The van der Waals surface area contributed by atoms with Gasteiger partial charge < -0.3 is 28.5 Å². The zero-order chi connectivity index (χ0) is 56.4. The summed E-state index contributed by atoms with van der Waals surface area (Å²) in [6.45, 7) is 6.87. The van der Waals surface area contributed by atoms with Gasteiger partial charge in [-0.15, -0.1) is 0 Å². The Kier molecular flexibility index (Phi) is 56.1. The molecule has 0 saturated carbocycles. The van der Waals surface area contributed by atoms with Crippen molar-refractivity contribution in [1.82, 2.24) is 5.32 Å². The van der Waals surface area contributed by atoms with Crippen LogP contribution in [0.25, 0.3) is 0 Å². The van der Waals surface area contributed by atoms with Crippen molar-refractivity contribution in [2.45, 2.75) is 341 Å². The molecule has 0 aliphatic carbocycles. The van der Waals surface area contributed by atoms with E-state index in [1.54, 1.807) is 0 Å². The number of nitrogens with one attached hydrogen (secondary N) is 1. The standard InChI is InChI=1S/C67H129N2O7P/c1-7-10-13-16-19-22-25-28-30-31-32-33-34-35-36-37-39-42-45-48-51-54-57-60-67(71)76-65(58-55-52-49-46-43-40-27-24-21-18-15-12-9-3)64(63-75-77(72,73)74-62-61-69(4,5)6)68-66(70)59-56-53-50-47-44-41-38-29-26-23-20-17-14-11-8-2/h19,22,28,30,55,58,64-65H,7-18,20-21,23-27,29,31-54,56-57,59-63H2,1-6H3,(H-,68,70,72,73)/b22-19-,30-28-,58-55+. The van der Waals surface area contributed by atoms with E-state index in [0.717, 1.165) is 64.2 Å². The lowest BCUT2D eigenvalue weighted by molar-refractivity contribution is -0.870. The molecule has 3 unspecified atom stereocenters. The molecule has 1 N–H and O–H groups in total. The van der Waals surface area contributed by atoms with Crippen molar-refractivity contribution < 1.29 is 37.3 Å². The number of esters is 1. The van der Waals surface area contributed by atoms with Crippen LogP contribution in [0.3, 0.4) is 0 Å². The molecule has 0 aliphatic rings. The number of rotatable bonds is 61. The molecule has 0 aliphatic heterocycles. The number of allylic oxidation sites excluding steroid dienone is 5. The van der Waals surface area contributed by atoms with E-state index in [-0.39, 0.29) is 31.5 Å². The molecule has 0 aromatic carbocycles. The van der Waals surface area contributed by atoms with Crippen molar-refractivity contribution in [3.63, 3.8) is 0 Å². The number of hydrogen-bond acceptors (Lipinski definition) is 7. The van der Waals surface area contributed by atoms with Gasteiger partial charge in [0.15, 0.2) is 0 Å². The van der Waals surface area contributed by atoms with E-state index in [4.69, 9.17) is 13.8 Å². The van der Waals surface area contributed by atoms with E-state index in [9.17, 15) is 19.0 Å². The second kappa shape index (κ2) is 57.5. The Morgan fingerprint density at radius 3 is 1.19 bits per heavy atom. The minimum atomic E-state index is -4.70. The molecule has 0 aromatic rings. The van der Waals surface area contributed by atoms with Crippen molar-refractivity contribution in [2.75, 3.05) is 40.9 Å². The summed E-state index contributed by atoms with van der Waals surface area (Å²) >= 11 is 0. The predicted octanol–water partition coefficient (Wildman–Crippen LogP) is 20.0. The van der Waals surface area contributed by atoms with E-state index in [1.165, 1.54) is 231 Å². The number of unbranched alkanes of at least 4 members (excludes halogenated alkanes) is 41. The summed E-state index contributed by atoms with van der Waals surface area (Å²) in [7, 11) is 1.20. The molecule has 0 saturated heterocycles. The van der Waals surface area contributed by atoms with Crippen LogP contribution >= 0.6 is 7.82 Å². The van der Waals surface area contributed by atoms with Crippen molar-refractivity contribution in [3.8, 4) is 0 Å². The number of phosphoric acid groups is 1. The maximum absolute atomic E-state index is 13.5. The Morgan fingerprint density at radius 2 is 0.792 bits per heavy atom. The van der Waals surface area contributed by atoms with Crippen molar-refractivity contribution in [3.05, 3.63) is 36.5 Å². The highest BCUT2D eigenvalue weighted by Crippen LogP contribution is 2.38. The molecule has 77 heavy (non-hydrogen) atoms. The Balaban J connectivity index is 5.13. The predicted molar refractivity (Wildman–Crippen MR) is 330 cm³/mol. The first-order valence-corrected chi connectivity index (χ1v) is 34.8. The minimum absolute atomic E-state index is 0.0193. The third-order valence-corrected chi connectivity index (χ3v) is 16.0. The van der Waals surface area contributed by atoms with Crippen molar-refractivity contribution in [2.24, 2.45) is 0 Å². The van der Waals surface area contributed by atoms with Gasteiger partial charge in [-0.05, 0) is 63.9 Å². The second-order valence-electron chi connectivity index (χ2n) is 24.0. The summed E-state index contributed by atoms with van der Waals surface area (Å²) < 4.78 is 30.4. The van der Waals surface area contributed by atoms with Crippen LogP contribution in [0.15, 0.2) is 36.5 Å². The summed E-state index contributed by atoms with van der Waals surface area (Å²) in [4.78, 5) is 40.1. The molecule has 0 fully saturated rings. The number of phosphoric ester groups is 1. The quantitative estimate of drug-likeness (QED) is 0.0212. The lowest BCUT2D eigenvalue weighted by atomic mass is 10.0. The van der Waals surface area contributed by atoms with Crippen molar-refractivity contribution in [1.29, 1.82) is 0 Å². The largest absolute Gasteiger partial charge is 0.756 e. The molecule has 1 amide bonds.